The number of ketones is 2. The van der Waals surface area contributed by atoms with Gasteiger partial charge in [0, 0.05) is 20.0 Å². The number of hydrogen-bond donors (Lipinski definition) is 1. The lowest BCUT2D eigenvalue weighted by Crippen LogP contribution is -1.96. The highest BCUT2D eigenvalue weighted by Gasteiger charge is 1.98. The van der Waals surface area contributed by atoms with Gasteiger partial charge in [-0.25, -0.2) is 0 Å². The first-order chi connectivity index (χ1) is 7.54. The lowest BCUT2D eigenvalue weighted by Gasteiger charge is -1.96. The first-order valence-corrected chi connectivity index (χ1v) is 5.98. The third-order valence-corrected chi connectivity index (χ3v) is 1.62. The zero-order chi connectivity index (χ0) is 13.4. The molecule has 0 aliphatic heterocycles. The second-order valence-corrected chi connectivity index (χ2v) is 3.65. The summed E-state index contributed by atoms with van der Waals surface area (Å²) in [5.41, 5.74) is 0. The third kappa shape index (κ3) is 37.8. The van der Waals surface area contributed by atoms with Crippen molar-refractivity contribution in [2.45, 2.75) is 66.2 Å². The minimum atomic E-state index is 0.167. The summed E-state index contributed by atoms with van der Waals surface area (Å²) < 4.78 is 0. The van der Waals surface area contributed by atoms with E-state index in [-0.39, 0.29) is 5.78 Å². The number of hydrogen-bond acceptors (Lipinski definition) is 3. The Morgan fingerprint density at radius 1 is 0.875 bits per heavy atom. The van der Waals surface area contributed by atoms with E-state index in [9.17, 15) is 9.59 Å². The number of aliphatic hydroxyl groups is 1. The molecule has 0 aliphatic carbocycles. The molecule has 0 amide bonds. The molecule has 0 fully saturated rings. The van der Waals surface area contributed by atoms with Crippen LogP contribution in [0, 0.1) is 0 Å². The summed E-state index contributed by atoms with van der Waals surface area (Å²) >= 11 is 0. The minimum absolute atomic E-state index is 0.167. The molecule has 0 aromatic rings. The molecule has 98 valence electrons. The van der Waals surface area contributed by atoms with Crippen molar-refractivity contribution in [3.8, 4) is 0 Å². The lowest BCUT2D eigenvalue weighted by molar-refractivity contribution is -0.119. The van der Waals surface area contributed by atoms with E-state index in [4.69, 9.17) is 5.11 Å². The quantitative estimate of drug-likeness (QED) is 0.765. The number of rotatable bonds is 6. The number of unbranched alkanes of at least 4 members (excludes halogenated alkanes) is 2. The normalized spacial score (nSPS) is 8.12. The van der Waals surface area contributed by atoms with E-state index in [1.54, 1.807) is 0 Å². The molecule has 1 N–H and O–H groups in total. The maximum Gasteiger partial charge on any atom is 0.132 e. The Labute approximate surface area is 100 Å². The van der Waals surface area contributed by atoms with Gasteiger partial charge in [0.25, 0.3) is 0 Å². The molecular formula is C13H28O3. The van der Waals surface area contributed by atoms with E-state index in [0.29, 0.717) is 5.78 Å². The van der Waals surface area contributed by atoms with Crippen molar-refractivity contribution < 1.29 is 14.7 Å². The van der Waals surface area contributed by atoms with E-state index in [2.05, 4.69) is 13.8 Å². The van der Waals surface area contributed by atoms with Gasteiger partial charge in [-0.05, 0) is 26.7 Å². The fourth-order valence-electron chi connectivity index (χ4n) is 0.873. The highest BCUT2D eigenvalue weighted by atomic mass is 16.2. The van der Waals surface area contributed by atoms with E-state index >= 15 is 0 Å². The van der Waals surface area contributed by atoms with Gasteiger partial charge in [-0.2, -0.15) is 0 Å². The number of Topliss-reactive ketones (excluding diaryl/α,β-unsaturated/α-hetero) is 2. The molecule has 0 saturated heterocycles. The SMILES string of the molecule is CC(C)=O.CCCCC(=O)CCCC.CO. The van der Waals surface area contributed by atoms with Gasteiger partial charge >= 0.3 is 0 Å². The van der Waals surface area contributed by atoms with E-state index in [1.165, 1.54) is 13.8 Å². The molecule has 0 aromatic carbocycles. The second-order valence-electron chi connectivity index (χ2n) is 3.65. The van der Waals surface area contributed by atoms with Gasteiger partial charge < -0.3 is 9.90 Å². The van der Waals surface area contributed by atoms with Gasteiger partial charge in [-0.1, -0.05) is 26.7 Å². The average Bonchev–Trinajstić information content (AvgIpc) is 2.25. The molecule has 0 rings (SSSR count). The molecule has 0 heterocycles. The molecule has 0 aliphatic rings. The van der Waals surface area contributed by atoms with E-state index in [1.807, 2.05) is 0 Å². The smallest absolute Gasteiger partial charge is 0.132 e. The maximum atomic E-state index is 11.0. The van der Waals surface area contributed by atoms with Crippen LogP contribution in [0.4, 0.5) is 0 Å². The van der Waals surface area contributed by atoms with Crippen molar-refractivity contribution in [2.24, 2.45) is 0 Å². The number of carbonyl (C=O) groups excluding carboxylic acids is 2. The highest BCUT2D eigenvalue weighted by molar-refractivity contribution is 5.78. The minimum Gasteiger partial charge on any atom is -0.400 e. The Balaban J connectivity index is -0.000000237. The Morgan fingerprint density at radius 2 is 1.12 bits per heavy atom. The van der Waals surface area contributed by atoms with Crippen molar-refractivity contribution in [3.05, 3.63) is 0 Å². The summed E-state index contributed by atoms with van der Waals surface area (Å²) in [6.07, 6.45) is 6.02. The predicted octanol–water partition coefficient (Wildman–Crippen LogP) is 3.14. The highest BCUT2D eigenvalue weighted by Crippen LogP contribution is 2.02. The Morgan fingerprint density at radius 3 is 1.31 bits per heavy atom. The molecule has 0 atom stereocenters. The molecular weight excluding hydrogens is 204 g/mol. The number of carbonyl (C=O) groups is 2. The predicted molar refractivity (Wildman–Crippen MR) is 68.6 cm³/mol. The summed E-state index contributed by atoms with van der Waals surface area (Å²) in [7, 11) is 1.00. The van der Waals surface area contributed by atoms with Gasteiger partial charge in [0.1, 0.15) is 11.6 Å². The van der Waals surface area contributed by atoms with Crippen LogP contribution in [0.5, 0.6) is 0 Å². The molecule has 3 nitrogen and oxygen atoms in total. The van der Waals surface area contributed by atoms with Crippen LogP contribution in [0.2, 0.25) is 0 Å². The van der Waals surface area contributed by atoms with Gasteiger partial charge in [-0.15, -0.1) is 0 Å². The van der Waals surface area contributed by atoms with Crippen molar-refractivity contribution in [3.63, 3.8) is 0 Å². The first-order valence-electron chi connectivity index (χ1n) is 5.98. The van der Waals surface area contributed by atoms with Crippen LogP contribution >= 0.6 is 0 Å². The fourth-order valence-corrected chi connectivity index (χ4v) is 0.873. The van der Waals surface area contributed by atoms with Crippen LogP contribution in [0.15, 0.2) is 0 Å². The largest absolute Gasteiger partial charge is 0.400 e. The van der Waals surface area contributed by atoms with Gasteiger partial charge in [0.2, 0.25) is 0 Å². The molecule has 16 heavy (non-hydrogen) atoms. The number of aliphatic hydroxyl groups excluding tert-OH is 1. The standard InChI is InChI=1S/C9H18O.C3H6O.CH4O/c1-3-5-7-9(10)8-6-4-2;1-3(2)4;1-2/h3-8H2,1-2H3;1-2H3;2H,1H3. The first kappa shape index (κ1) is 20.7. The van der Waals surface area contributed by atoms with Gasteiger partial charge in [-0.3, -0.25) is 4.79 Å². The zero-order valence-corrected chi connectivity index (χ0v) is 11.5. The van der Waals surface area contributed by atoms with Crippen molar-refractivity contribution in [2.75, 3.05) is 7.11 Å². The summed E-state index contributed by atoms with van der Waals surface area (Å²) in [5.74, 6) is 0.615. The van der Waals surface area contributed by atoms with Crippen LogP contribution in [-0.2, 0) is 9.59 Å². The summed E-state index contributed by atoms with van der Waals surface area (Å²) in [5, 5.41) is 7.00. The van der Waals surface area contributed by atoms with E-state index in [0.717, 1.165) is 45.6 Å². The van der Waals surface area contributed by atoms with Crippen LogP contribution < -0.4 is 0 Å². The molecule has 3 heteroatoms. The average molecular weight is 232 g/mol. The van der Waals surface area contributed by atoms with Gasteiger partial charge in [0.05, 0.1) is 0 Å². The molecule has 0 saturated carbocycles. The summed E-state index contributed by atoms with van der Waals surface area (Å²) in [6.45, 7) is 7.29. The molecule has 0 radical (unpaired) electrons. The van der Waals surface area contributed by atoms with Crippen molar-refractivity contribution >= 4 is 11.6 Å². The van der Waals surface area contributed by atoms with E-state index < -0.39 is 0 Å². The molecule has 0 bridgehead atoms. The summed E-state index contributed by atoms with van der Waals surface area (Å²) in [6, 6.07) is 0. The second kappa shape index (κ2) is 19.8. The Kier molecular flexibility index (Phi) is 25.6. The topological polar surface area (TPSA) is 54.4 Å². The molecule has 0 aromatic heterocycles. The Bertz CT molecular complexity index is 139. The fraction of sp³-hybridized carbons (Fsp3) is 0.846. The third-order valence-electron chi connectivity index (χ3n) is 1.62. The Hall–Kier alpha value is -0.700. The van der Waals surface area contributed by atoms with Crippen LogP contribution in [0.25, 0.3) is 0 Å². The van der Waals surface area contributed by atoms with Crippen molar-refractivity contribution in [1.29, 1.82) is 0 Å². The van der Waals surface area contributed by atoms with Crippen molar-refractivity contribution in [1.82, 2.24) is 0 Å². The lowest BCUT2D eigenvalue weighted by atomic mass is 10.1. The molecule has 0 spiro atoms. The zero-order valence-electron chi connectivity index (χ0n) is 11.5. The van der Waals surface area contributed by atoms with Crippen LogP contribution in [0.1, 0.15) is 66.2 Å². The summed E-state index contributed by atoms with van der Waals surface area (Å²) in [4.78, 5) is 20.4. The van der Waals surface area contributed by atoms with Crippen LogP contribution in [-0.4, -0.2) is 23.8 Å². The molecule has 0 unspecified atom stereocenters. The van der Waals surface area contributed by atoms with Gasteiger partial charge in [0.15, 0.2) is 0 Å². The maximum absolute atomic E-state index is 11.0. The van der Waals surface area contributed by atoms with Crippen LogP contribution in [0.3, 0.4) is 0 Å². The monoisotopic (exact) mass is 232 g/mol.